The minimum atomic E-state index is -3.52. The second-order valence-corrected chi connectivity index (χ2v) is 4.31. The molecule has 1 rings (SSSR count). The van der Waals surface area contributed by atoms with Gasteiger partial charge in [-0.05, 0) is 40.8 Å². The van der Waals surface area contributed by atoms with Crippen molar-refractivity contribution in [3.8, 4) is 0 Å². The maximum Gasteiger partial charge on any atom is 0.289 e. The fourth-order valence-corrected chi connectivity index (χ4v) is 1.59. The van der Waals surface area contributed by atoms with Crippen molar-refractivity contribution in [1.29, 1.82) is 0 Å². The van der Waals surface area contributed by atoms with Crippen LogP contribution in [0.15, 0.2) is 18.2 Å². The van der Waals surface area contributed by atoms with Crippen LogP contribution in [0, 0.1) is 9.39 Å². The second kappa shape index (κ2) is 4.67. The lowest BCUT2D eigenvalue weighted by molar-refractivity contribution is -0.0718. The van der Waals surface area contributed by atoms with Crippen LogP contribution in [0.4, 0.5) is 13.2 Å². The SMILES string of the molecule is N[C@@H](c1cc(I)ccc1F)C(F)(F)CO. The fraction of sp³-hybridized carbons (Fsp3) is 0.333. The summed E-state index contributed by atoms with van der Waals surface area (Å²) >= 11 is 1.87. The summed E-state index contributed by atoms with van der Waals surface area (Å²) in [6.45, 7) is -1.40. The Balaban J connectivity index is 3.10. The third-order valence-electron chi connectivity index (χ3n) is 1.96. The van der Waals surface area contributed by atoms with Crippen molar-refractivity contribution in [3.05, 3.63) is 33.1 Å². The number of aliphatic hydroxyl groups is 1. The molecule has 0 fully saturated rings. The van der Waals surface area contributed by atoms with Gasteiger partial charge < -0.3 is 10.8 Å². The third kappa shape index (κ3) is 2.82. The average Bonchev–Trinajstić information content (AvgIpc) is 2.20. The fourth-order valence-electron chi connectivity index (χ4n) is 1.08. The van der Waals surface area contributed by atoms with Crippen LogP contribution in [-0.2, 0) is 0 Å². The zero-order chi connectivity index (χ0) is 11.6. The number of nitrogens with two attached hydrogens (primary N) is 1. The Morgan fingerprint density at radius 1 is 1.47 bits per heavy atom. The van der Waals surface area contributed by atoms with Gasteiger partial charge in [-0.1, -0.05) is 0 Å². The molecule has 2 nitrogen and oxygen atoms in total. The normalized spacial score (nSPS) is 14.0. The van der Waals surface area contributed by atoms with E-state index in [9.17, 15) is 13.2 Å². The van der Waals surface area contributed by atoms with Crippen molar-refractivity contribution in [2.45, 2.75) is 12.0 Å². The van der Waals surface area contributed by atoms with Crippen LogP contribution in [0.1, 0.15) is 11.6 Å². The van der Waals surface area contributed by atoms with E-state index in [1.807, 2.05) is 22.6 Å². The Labute approximate surface area is 98.4 Å². The molecule has 0 saturated carbocycles. The molecular weight excluding hydrogens is 322 g/mol. The Kier molecular flexibility index (Phi) is 3.96. The van der Waals surface area contributed by atoms with Crippen LogP contribution in [0.25, 0.3) is 0 Å². The van der Waals surface area contributed by atoms with Crippen molar-refractivity contribution in [3.63, 3.8) is 0 Å². The Morgan fingerprint density at radius 2 is 2.07 bits per heavy atom. The molecule has 0 radical (unpaired) electrons. The van der Waals surface area contributed by atoms with Crippen molar-refractivity contribution in [1.82, 2.24) is 0 Å². The summed E-state index contributed by atoms with van der Waals surface area (Å²) in [6.07, 6.45) is 0. The quantitative estimate of drug-likeness (QED) is 0.833. The first-order valence-electron chi connectivity index (χ1n) is 4.07. The highest BCUT2D eigenvalue weighted by Crippen LogP contribution is 2.30. The molecule has 0 saturated heterocycles. The lowest BCUT2D eigenvalue weighted by Crippen LogP contribution is -2.36. The summed E-state index contributed by atoms with van der Waals surface area (Å²) in [7, 11) is 0. The van der Waals surface area contributed by atoms with Crippen LogP contribution in [0.5, 0.6) is 0 Å². The lowest BCUT2D eigenvalue weighted by atomic mass is 10.0. The molecule has 0 spiro atoms. The van der Waals surface area contributed by atoms with Crippen molar-refractivity contribution >= 4 is 22.6 Å². The number of halogens is 4. The molecule has 1 aromatic rings. The van der Waals surface area contributed by atoms with Crippen LogP contribution in [-0.4, -0.2) is 17.6 Å². The van der Waals surface area contributed by atoms with E-state index in [-0.39, 0.29) is 5.56 Å². The molecule has 0 aromatic heterocycles. The van der Waals surface area contributed by atoms with Gasteiger partial charge in [-0.15, -0.1) is 0 Å². The largest absolute Gasteiger partial charge is 0.390 e. The molecule has 3 N–H and O–H groups in total. The topological polar surface area (TPSA) is 46.2 Å². The number of benzene rings is 1. The van der Waals surface area contributed by atoms with Crippen LogP contribution in [0.2, 0.25) is 0 Å². The first-order valence-corrected chi connectivity index (χ1v) is 5.15. The van der Waals surface area contributed by atoms with Gasteiger partial charge in [0.1, 0.15) is 12.4 Å². The first kappa shape index (κ1) is 12.7. The van der Waals surface area contributed by atoms with E-state index in [1.165, 1.54) is 12.1 Å². The Bertz CT molecular complexity index is 359. The van der Waals surface area contributed by atoms with Crippen molar-refractivity contribution < 1.29 is 18.3 Å². The van der Waals surface area contributed by atoms with Gasteiger partial charge in [0.15, 0.2) is 0 Å². The summed E-state index contributed by atoms with van der Waals surface area (Å²) in [6, 6.07) is 1.93. The molecule has 1 aromatic carbocycles. The highest BCUT2D eigenvalue weighted by molar-refractivity contribution is 14.1. The smallest absolute Gasteiger partial charge is 0.289 e. The standard InChI is InChI=1S/C9H9F3INO/c10-7-2-1-5(13)3-6(7)8(14)9(11,12)4-15/h1-3,8,15H,4,14H2/t8-/m0/s1. The first-order chi connectivity index (χ1) is 6.88. The van der Waals surface area contributed by atoms with E-state index in [1.54, 1.807) is 0 Å². The molecular formula is C9H9F3INO. The molecule has 1 atom stereocenters. The Hall–Kier alpha value is -0.340. The number of hydrogen-bond donors (Lipinski definition) is 2. The average molecular weight is 331 g/mol. The molecule has 0 heterocycles. The van der Waals surface area contributed by atoms with Crippen molar-refractivity contribution in [2.75, 3.05) is 6.61 Å². The van der Waals surface area contributed by atoms with Gasteiger partial charge in [-0.25, -0.2) is 13.2 Å². The number of alkyl halides is 2. The number of hydrogen-bond acceptors (Lipinski definition) is 2. The van der Waals surface area contributed by atoms with E-state index in [4.69, 9.17) is 10.8 Å². The summed E-state index contributed by atoms with van der Waals surface area (Å²) in [5.74, 6) is -4.32. The molecule has 0 amide bonds. The van der Waals surface area contributed by atoms with Gasteiger partial charge in [0.2, 0.25) is 0 Å². The van der Waals surface area contributed by atoms with Gasteiger partial charge in [-0.2, -0.15) is 0 Å². The van der Waals surface area contributed by atoms with E-state index in [0.717, 1.165) is 6.07 Å². The minimum absolute atomic E-state index is 0.291. The maximum atomic E-state index is 13.2. The van der Waals surface area contributed by atoms with Gasteiger partial charge >= 0.3 is 0 Å². The molecule has 15 heavy (non-hydrogen) atoms. The third-order valence-corrected chi connectivity index (χ3v) is 2.63. The summed E-state index contributed by atoms with van der Waals surface area (Å²) in [5, 5.41) is 8.43. The molecule has 0 aliphatic carbocycles. The van der Waals surface area contributed by atoms with Crippen molar-refractivity contribution in [2.24, 2.45) is 5.73 Å². The van der Waals surface area contributed by atoms with Gasteiger partial charge in [0.05, 0.1) is 6.04 Å². The Morgan fingerprint density at radius 3 is 2.60 bits per heavy atom. The highest BCUT2D eigenvalue weighted by Gasteiger charge is 2.38. The predicted octanol–water partition coefficient (Wildman–Crippen LogP) is 2.06. The molecule has 0 aliphatic rings. The molecule has 6 heteroatoms. The predicted molar refractivity (Wildman–Crippen MR) is 58.1 cm³/mol. The van der Waals surface area contributed by atoms with Gasteiger partial charge in [0, 0.05) is 9.13 Å². The zero-order valence-electron chi connectivity index (χ0n) is 7.55. The highest BCUT2D eigenvalue weighted by atomic mass is 127. The summed E-state index contributed by atoms with van der Waals surface area (Å²) < 4.78 is 39.8. The molecule has 0 bridgehead atoms. The van der Waals surface area contributed by atoms with E-state index in [2.05, 4.69) is 0 Å². The van der Waals surface area contributed by atoms with E-state index >= 15 is 0 Å². The summed E-state index contributed by atoms with van der Waals surface area (Å²) in [4.78, 5) is 0. The zero-order valence-corrected chi connectivity index (χ0v) is 9.71. The number of aliphatic hydroxyl groups excluding tert-OH is 1. The minimum Gasteiger partial charge on any atom is -0.390 e. The van der Waals surface area contributed by atoms with E-state index < -0.39 is 24.4 Å². The molecule has 0 unspecified atom stereocenters. The van der Waals surface area contributed by atoms with Gasteiger partial charge in [0.25, 0.3) is 5.92 Å². The lowest BCUT2D eigenvalue weighted by Gasteiger charge is -2.22. The number of rotatable bonds is 3. The second-order valence-electron chi connectivity index (χ2n) is 3.06. The van der Waals surface area contributed by atoms with E-state index in [0.29, 0.717) is 3.57 Å². The maximum absolute atomic E-state index is 13.2. The van der Waals surface area contributed by atoms with Crippen LogP contribution >= 0.6 is 22.6 Å². The molecule has 0 aliphatic heterocycles. The van der Waals surface area contributed by atoms with Crippen LogP contribution in [0.3, 0.4) is 0 Å². The van der Waals surface area contributed by atoms with Gasteiger partial charge in [-0.3, -0.25) is 0 Å². The monoisotopic (exact) mass is 331 g/mol. The molecule has 84 valence electrons. The van der Waals surface area contributed by atoms with Crippen LogP contribution < -0.4 is 5.73 Å². The summed E-state index contributed by atoms with van der Waals surface area (Å²) in [5.41, 5.74) is 4.91.